The summed E-state index contributed by atoms with van der Waals surface area (Å²) in [5.41, 5.74) is 3.06. The number of methoxy groups -OCH3 is 1. The Labute approximate surface area is 196 Å². The van der Waals surface area contributed by atoms with Crippen molar-refractivity contribution in [2.45, 2.75) is 38.8 Å². The summed E-state index contributed by atoms with van der Waals surface area (Å²) in [6.45, 7) is 4.49. The minimum atomic E-state index is -0.601. The Bertz CT molecular complexity index is 998. The molecule has 3 aromatic carbocycles. The maximum absolute atomic E-state index is 13.7. The minimum absolute atomic E-state index is 0.0747. The normalized spacial score (nSPS) is 11.6. The van der Waals surface area contributed by atoms with E-state index < -0.39 is 6.04 Å². The number of hydrogen-bond donors (Lipinski definition) is 1. The van der Waals surface area contributed by atoms with Crippen molar-refractivity contribution in [2.75, 3.05) is 13.7 Å². The number of carbonyl (C=O) groups excluding carboxylic acids is 2. The zero-order valence-electron chi connectivity index (χ0n) is 19.5. The largest absolute Gasteiger partial charge is 0.497 e. The highest BCUT2D eigenvalue weighted by atomic mass is 16.5. The summed E-state index contributed by atoms with van der Waals surface area (Å²) in [6.07, 6.45) is 0.266. The summed E-state index contributed by atoms with van der Waals surface area (Å²) in [7, 11) is 1.61. The molecule has 0 spiro atoms. The molecule has 3 rings (SSSR count). The molecule has 0 bridgehead atoms. The first-order chi connectivity index (χ1) is 16.0. The molecular weight excluding hydrogens is 412 g/mol. The van der Waals surface area contributed by atoms with Crippen molar-refractivity contribution in [3.8, 4) is 5.75 Å². The highest BCUT2D eigenvalue weighted by Gasteiger charge is 2.28. The quantitative estimate of drug-likeness (QED) is 0.490. The van der Waals surface area contributed by atoms with Crippen molar-refractivity contribution in [3.05, 3.63) is 102 Å². The predicted molar refractivity (Wildman–Crippen MR) is 131 cm³/mol. The maximum Gasteiger partial charge on any atom is 0.242 e. The fourth-order valence-electron chi connectivity index (χ4n) is 3.96. The first-order valence-corrected chi connectivity index (χ1v) is 11.3. The van der Waals surface area contributed by atoms with Gasteiger partial charge in [-0.3, -0.25) is 9.59 Å². The van der Waals surface area contributed by atoms with Gasteiger partial charge in [0.2, 0.25) is 11.8 Å². The van der Waals surface area contributed by atoms with E-state index in [9.17, 15) is 9.59 Å². The second-order valence-corrected chi connectivity index (χ2v) is 8.02. The molecule has 1 atom stereocenters. The van der Waals surface area contributed by atoms with Crippen molar-refractivity contribution in [1.29, 1.82) is 0 Å². The maximum atomic E-state index is 13.7. The van der Waals surface area contributed by atoms with Crippen LogP contribution in [-0.2, 0) is 16.1 Å². The Morgan fingerprint density at radius 1 is 0.909 bits per heavy atom. The van der Waals surface area contributed by atoms with Crippen LogP contribution in [0.2, 0.25) is 0 Å². The Morgan fingerprint density at radius 2 is 1.52 bits per heavy atom. The minimum Gasteiger partial charge on any atom is -0.497 e. The fourth-order valence-corrected chi connectivity index (χ4v) is 3.96. The lowest BCUT2D eigenvalue weighted by molar-refractivity contribution is -0.140. The Balaban J connectivity index is 1.92. The molecule has 172 valence electrons. The molecule has 3 aromatic rings. The monoisotopic (exact) mass is 444 g/mol. The van der Waals surface area contributed by atoms with Gasteiger partial charge in [0, 0.05) is 25.4 Å². The summed E-state index contributed by atoms with van der Waals surface area (Å²) < 4.78 is 5.34. The number of likely N-dealkylation sites (N-methyl/N-ethyl adjacent to an activating group) is 1. The highest BCUT2D eigenvalue weighted by molar-refractivity contribution is 5.87. The van der Waals surface area contributed by atoms with Crippen LogP contribution in [0.1, 0.15) is 42.9 Å². The van der Waals surface area contributed by atoms with Gasteiger partial charge >= 0.3 is 0 Å². The van der Waals surface area contributed by atoms with Gasteiger partial charge in [0.15, 0.2) is 0 Å². The molecule has 5 nitrogen and oxygen atoms in total. The molecule has 0 radical (unpaired) electrons. The van der Waals surface area contributed by atoms with Crippen LogP contribution >= 0.6 is 0 Å². The Morgan fingerprint density at radius 3 is 2.06 bits per heavy atom. The van der Waals surface area contributed by atoms with E-state index in [-0.39, 0.29) is 24.2 Å². The van der Waals surface area contributed by atoms with Crippen LogP contribution < -0.4 is 10.1 Å². The molecule has 0 heterocycles. The zero-order chi connectivity index (χ0) is 23.6. The number of nitrogens with one attached hydrogen (secondary N) is 1. The third kappa shape index (κ3) is 6.45. The topological polar surface area (TPSA) is 58.6 Å². The highest BCUT2D eigenvalue weighted by Crippen LogP contribution is 2.29. The molecule has 2 amide bonds. The first kappa shape index (κ1) is 24.1. The number of nitrogens with zero attached hydrogens (tertiary/aromatic N) is 1. The molecule has 0 aliphatic heterocycles. The second-order valence-electron chi connectivity index (χ2n) is 8.02. The van der Waals surface area contributed by atoms with Gasteiger partial charge in [0.1, 0.15) is 11.8 Å². The van der Waals surface area contributed by atoms with Crippen molar-refractivity contribution in [1.82, 2.24) is 10.2 Å². The lowest BCUT2D eigenvalue weighted by Crippen LogP contribution is -2.47. The number of benzene rings is 3. The molecule has 5 heteroatoms. The van der Waals surface area contributed by atoms with Gasteiger partial charge in [-0.05, 0) is 42.7 Å². The second kappa shape index (κ2) is 11.9. The molecule has 0 saturated carbocycles. The van der Waals surface area contributed by atoms with Crippen LogP contribution in [0.25, 0.3) is 0 Å². The molecule has 0 fully saturated rings. The smallest absolute Gasteiger partial charge is 0.242 e. The SMILES string of the molecule is CCNC(=O)C(C)N(Cc1cccc(OC)c1)C(=O)CC(c1ccccc1)c1ccccc1. The van der Waals surface area contributed by atoms with Crippen LogP contribution in [0.3, 0.4) is 0 Å². The molecule has 0 saturated heterocycles. The van der Waals surface area contributed by atoms with E-state index in [1.807, 2.05) is 91.9 Å². The van der Waals surface area contributed by atoms with Gasteiger partial charge in [-0.15, -0.1) is 0 Å². The summed E-state index contributed by atoms with van der Waals surface area (Å²) in [5.74, 6) is 0.380. The molecule has 1 N–H and O–H groups in total. The summed E-state index contributed by atoms with van der Waals surface area (Å²) in [5, 5.41) is 2.85. The van der Waals surface area contributed by atoms with E-state index in [4.69, 9.17) is 4.74 Å². The van der Waals surface area contributed by atoms with E-state index in [0.29, 0.717) is 13.1 Å². The van der Waals surface area contributed by atoms with Crippen molar-refractivity contribution >= 4 is 11.8 Å². The standard InChI is InChI=1S/C28H32N2O3/c1-4-29-28(32)21(2)30(20-22-12-11-17-25(18-22)33-3)27(31)19-26(23-13-7-5-8-14-23)24-15-9-6-10-16-24/h5-18,21,26H,4,19-20H2,1-3H3,(H,29,32). The van der Waals surface area contributed by atoms with Crippen molar-refractivity contribution < 1.29 is 14.3 Å². The Hall–Kier alpha value is -3.60. The van der Waals surface area contributed by atoms with Gasteiger partial charge in [0.05, 0.1) is 7.11 Å². The number of hydrogen-bond acceptors (Lipinski definition) is 3. The van der Waals surface area contributed by atoms with Gasteiger partial charge in [-0.25, -0.2) is 0 Å². The fraction of sp³-hybridized carbons (Fsp3) is 0.286. The van der Waals surface area contributed by atoms with Crippen molar-refractivity contribution in [2.24, 2.45) is 0 Å². The lowest BCUT2D eigenvalue weighted by Gasteiger charge is -2.30. The molecular formula is C28H32N2O3. The number of ether oxygens (including phenoxy) is 1. The van der Waals surface area contributed by atoms with Gasteiger partial charge < -0.3 is 15.0 Å². The zero-order valence-corrected chi connectivity index (χ0v) is 19.5. The lowest BCUT2D eigenvalue weighted by atomic mass is 9.88. The Kier molecular flexibility index (Phi) is 8.64. The predicted octanol–water partition coefficient (Wildman–Crippen LogP) is 4.77. The van der Waals surface area contributed by atoms with Gasteiger partial charge in [0.25, 0.3) is 0 Å². The average molecular weight is 445 g/mol. The third-order valence-electron chi connectivity index (χ3n) is 5.79. The van der Waals surface area contributed by atoms with E-state index in [1.165, 1.54) is 0 Å². The molecule has 0 aliphatic carbocycles. The van der Waals surface area contributed by atoms with Gasteiger partial charge in [-0.2, -0.15) is 0 Å². The summed E-state index contributed by atoms with van der Waals surface area (Å²) in [6, 6.07) is 27.1. The molecule has 0 aliphatic rings. The average Bonchev–Trinajstić information content (AvgIpc) is 2.86. The first-order valence-electron chi connectivity index (χ1n) is 11.3. The molecule has 33 heavy (non-hydrogen) atoms. The van der Waals surface area contributed by atoms with Crippen molar-refractivity contribution in [3.63, 3.8) is 0 Å². The van der Waals surface area contributed by atoms with E-state index in [0.717, 1.165) is 22.4 Å². The molecule has 1 unspecified atom stereocenters. The van der Waals surface area contributed by atoms with E-state index >= 15 is 0 Å². The summed E-state index contributed by atoms with van der Waals surface area (Å²) in [4.78, 5) is 28.1. The molecule has 0 aromatic heterocycles. The number of rotatable bonds is 10. The third-order valence-corrected chi connectivity index (χ3v) is 5.79. The number of amides is 2. The van der Waals surface area contributed by atoms with E-state index in [2.05, 4.69) is 5.32 Å². The summed E-state index contributed by atoms with van der Waals surface area (Å²) >= 11 is 0. The van der Waals surface area contributed by atoms with Crippen LogP contribution in [0.5, 0.6) is 5.75 Å². The van der Waals surface area contributed by atoms with Gasteiger partial charge in [-0.1, -0.05) is 72.8 Å². The van der Waals surface area contributed by atoms with Crippen LogP contribution in [0.15, 0.2) is 84.9 Å². The van der Waals surface area contributed by atoms with Crippen LogP contribution in [-0.4, -0.2) is 36.4 Å². The van der Waals surface area contributed by atoms with Crippen LogP contribution in [0, 0.1) is 0 Å². The van der Waals surface area contributed by atoms with E-state index in [1.54, 1.807) is 18.9 Å². The van der Waals surface area contributed by atoms with Crippen LogP contribution in [0.4, 0.5) is 0 Å². The number of carbonyl (C=O) groups is 2.